The van der Waals surface area contributed by atoms with Crippen LogP contribution < -0.4 is 5.32 Å². The highest BCUT2D eigenvalue weighted by Crippen LogP contribution is 2.13. The number of anilines is 1. The van der Waals surface area contributed by atoms with E-state index in [1.54, 1.807) is 32.0 Å². The smallest absolute Gasteiger partial charge is 0.258 e. The predicted molar refractivity (Wildman–Crippen MR) is 68.7 cm³/mol. The molecule has 0 bridgehead atoms. The molecule has 2 heterocycles. The molecule has 0 aliphatic carbocycles. The van der Waals surface area contributed by atoms with Gasteiger partial charge in [-0.2, -0.15) is 10.2 Å². The van der Waals surface area contributed by atoms with Gasteiger partial charge in [-0.3, -0.25) is 4.79 Å². The number of aromatic nitrogens is 3. The lowest BCUT2D eigenvalue weighted by Gasteiger charge is -2.06. The summed E-state index contributed by atoms with van der Waals surface area (Å²) in [5.41, 5.74) is 1.73. The van der Waals surface area contributed by atoms with E-state index in [1.165, 1.54) is 6.20 Å². The minimum atomic E-state index is -0.278. The lowest BCUT2D eigenvalue weighted by molar-refractivity contribution is 0.102. The van der Waals surface area contributed by atoms with Gasteiger partial charge in [0.1, 0.15) is 5.82 Å². The van der Waals surface area contributed by atoms with Gasteiger partial charge in [-0.05, 0) is 32.0 Å². The monoisotopic (exact) mass is 262 g/mol. The molecule has 0 radical (unpaired) electrons. The number of pyridine rings is 1. The van der Waals surface area contributed by atoms with E-state index in [0.717, 1.165) is 0 Å². The Labute approximate surface area is 109 Å². The lowest BCUT2D eigenvalue weighted by Crippen LogP contribution is -2.15. The number of amides is 1. The average molecular weight is 263 g/mol. The van der Waals surface area contributed by atoms with Crippen LogP contribution in [-0.4, -0.2) is 21.1 Å². The number of carbonyl (C=O) groups excluding carboxylic acids is 1. The number of hydrogen-bond donors (Lipinski definition) is 1. The lowest BCUT2D eigenvalue weighted by atomic mass is 10.2. The molecule has 0 aliphatic rings. The first-order chi connectivity index (χ1) is 8.56. The van der Waals surface area contributed by atoms with Gasteiger partial charge in [0.15, 0.2) is 0 Å². The second-order valence-corrected chi connectivity index (χ2v) is 4.23. The molecule has 2 aromatic heterocycles. The second-order valence-electron chi connectivity index (χ2n) is 3.80. The Balaban J connectivity index is 2.24. The molecule has 18 heavy (non-hydrogen) atoms. The van der Waals surface area contributed by atoms with Crippen molar-refractivity contribution >= 4 is 23.3 Å². The second kappa shape index (κ2) is 5.10. The fourth-order valence-corrected chi connectivity index (χ4v) is 1.60. The summed E-state index contributed by atoms with van der Waals surface area (Å²) >= 11 is 5.82. The number of nitrogens with one attached hydrogen (secondary N) is 1. The van der Waals surface area contributed by atoms with Gasteiger partial charge in [-0.1, -0.05) is 11.6 Å². The number of hydrogen-bond acceptors (Lipinski definition) is 4. The van der Waals surface area contributed by atoms with Crippen molar-refractivity contribution in [3.05, 3.63) is 46.4 Å². The Morgan fingerprint density at radius 1 is 1.28 bits per heavy atom. The highest BCUT2D eigenvalue weighted by molar-refractivity contribution is 6.30. The number of halogens is 1. The third kappa shape index (κ3) is 2.81. The van der Waals surface area contributed by atoms with Crippen LogP contribution in [0.1, 0.15) is 21.7 Å². The molecule has 0 spiro atoms. The Kier molecular flexibility index (Phi) is 3.53. The highest BCUT2D eigenvalue weighted by Gasteiger charge is 2.11. The molecule has 6 heteroatoms. The fraction of sp³-hybridized carbons (Fsp3) is 0.167. The first kappa shape index (κ1) is 12.4. The van der Waals surface area contributed by atoms with E-state index in [2.05, 4.69) is 20.5 Å². The Morgan fingerprint density at radius 2 is 2.06 bits per heavy atom. The SMILES string of the molecule is Cc1cc(C(=O)Nc2cc(Cl)ccn2)c(C)nn1. The molecule has 0 aliphatic heterocycles. The van der Waals surface area contributed by atoms with Crippen LogP contribution in [-0.2, 0) is 0 Å². The molecule has 0 saturated heterocycles. The zero-order valence-electron chi connectivity index (χ0n) is 9.94. The average Bonchev–Trinajstić information content (AvgIpc) is 2.32. The van der Waals surface area contributed by atoms with Crippen LogP contribution in [0.5, 0.6) is 0 Å². The Hall–Kier alpha value is -2.01. The number of carbonyl (C=O) groups is 1. The summed E-state index contributed by atoms with van der Waals surface area (Å²) in [7, 11) is 0. The zero-order valence-corrected chi connectivity index (χ0v) is 10.7. The molecule has 0 unspecified atom stereocenters. The maximum Gasteiger partial charge on any atom is 0.258 e. The van der Waals surface area contributed by atoms with E-state index < -0.39 is 0 Å². The minimum Gasteiger partial charge on any atom is -0.306 e. The van der Waals surface area contributed by atoms with Crippen molar-refractivity contribution in [1.82, 2.24) is 15.2 Å². The van der Waals surface area contributed by atoms with Gasteiger partial charge < -0.3 is 5.32 Å². The summed E-state index contributed by atoms with van der Waals surface area (Å²) < 4.78 is 0. The van der Waals surface area contributed by atoms with E-state index in [0.29, 0.717) is 27.8 Å². The summed E-state index contributed by atoms with van der Waals surface area (Å²) in [5, 5.41) is 11.0. The number of rotatable bonds is 2. The van der Waals surface area contributed by atoms with Gasteiger partial charge in [0.05, 0.1) is 17.0 Å². The first-order valence-electron chi connectivity index (χ1n) is 5.30. The molecule has 2 rings (SSSR count). The highest BCUT2D eigenvalue weighted by atomic mass is 35.5. The van der Waals surface area contributed by atoms with Crippen molar-refractivity contribution in [3.63, 3.8) is 0 Å². The van der Waals surface area contributed by atoms with E-state index in [1.807, 2.05) is 0 Å². The van der Waals surface area contributed by atoms with Crippen LogP contribution in [0.4, 0.5) is 5.82 Å². The molecule has 0 saturated carbocycles. The molecular formula is C12H11ClN4O. The molecule has 0 aromatic carbocycles. The van der Waals surface area contributed by atoms with E-state index >= 15 is 0 Å². The van der Waals surface area contributed by atoms with Gasteiger partial charge in [-0.25, -0.2) is 4.98 Å². The third-order valence-electron chi connectivity index (χ3n) is 2.31. The van der Waals surface area contributed by atoms with E-state index in [4.69, 9.17) is 11.6 Å². The van der Waals surface area contributed by atoms with Crippen molar-refractivity contribution in [1.29, 1.82) is 0 Å². The van der Waals surface area contributed by atoms with E-state index in [-0.39, 0.29) is 5.91 Å². The van der Waals surface area contributed by atoms with Crippen molar-refractivity contribution in [2.24, 2.45) is 0 Å². The normalized spacial score (nSPS) is 10.2. The molecule has 5 nitrogen and oxygen atoms in total. The molecular weight excluding hydrogens is 252 g/mol. The maximum absolute atomic E-state index is 12.0. The maximum atomic E-state index is 12.0. The Morgan fingerprint density at radius 3 is 2.78 bits per heavy atom. The molecule has 1 amide bonds. The van der Waals surface area contributed by atoms with E-state index in [9.17, 15) is 4.79 Å². The minimum absolute atomic E-state index is 0.278. The quantitative estimate of drug-likeness (QED) is 0.902. The van der Waals surface area contributed by atoms with Crippen molar-refractivity contribution in [3.8, 4) is 0 Å². The largest absolute Gasteiger partial charge is 0.306 e. The van der Waals surface area contributed by atoms with Crippen LogP contribution in [0, 0.1) is 13.8 Å². The van der Waals surface area contributed by atoms with Crippen molar-refractivity contribution in [2.45, 2.75) is 13.8 Å². The van der Waals surface area contributed by atoms with Crippen molar-refractivity contribution < 1.29 is 4.79 Å². The zero-order chi connectivity index (χ0) is 13.1. The summed E-state index contributed by atoms with van der Waals surface area (Å²) in [5.74, 6) is 0.127. The van der Waals surface area contributed by atoms with Crippen LogP contribution >= 0.6 is 11.6 Å². The molecule has 1 N–H and O–H groups in total. The van der Waals surface area contributed by atoms with Crippen LogP contribution in [0.2, 0.25) is 5.02 Å². The predicted octanol–water partition coefficient (Wildman–Crippen LogP) is 2.39. The van der Waals surface area contributed by atoms with Crippen LogP contribution in [0.25, 0.3) is 0 Å². The van der Waals surface area contributed by atoms with Gasteiger partial charge in [0, 0.05) is 11.2 Å². The van der Waals surface area contributed by atoms with Crippen molar-refractivity contribution in [2.75, 3.05) is 5.32 Å². The topological polar surface area (TPSA) is 67.8 Å². The molecule has 0 atom stereocenters. The summed E-state index contributed by atoms with van der Waals surface area (Å²) in [6.07, 6.45) is 1.53. The molecule has 92 valence electrons. The van der Waals surface area contributed by atoms with Gasteiger partial charge in [0.2, 0.25) is 0 Å². The summed E-state index contributed by atoms with van der Waals surface area (Å²) in [6.45, 7) is 3.51. The fourth-order valence-electron chi connectivity index (χ4n) is 1.44. The molecule has 0 fully saturated rings. The van der Waals surface area contributed by atoms with Crippen LogP contribution in [0.15, 0.2) is 24.4 Å². The number of nitrogens with zero attached hydrogens (tertiary/aromatic N) is 3. The Bertz CT molecular complexity index is 600. The standard InChI is InChI=1S/C12H11ClN4O/c1-7-5-10(8(2)17-16-7)12(18)15-11-6-9(13)3-4-14-11/h3-6H,1-2H3,(H,14,15,18). The first-order valence-corrected chi connectivity index (χ1v) is 5.68. The molecule has 2 aromatic rings. The third-order valence-corrected chi connectivity index (χ3v) is 2.54. The summed E-state index contributed by atoms with van der Waals surface area (Å²) in [4.78, 5) is 16.0. The van der Waals surface area contributed by atoms with Gasteiger partial charge in [0.25, 0.3) is 5.91 Å². The van der Waals surface area contributed by atoms with Crippen LogP contribution in [0.3, 0.4) is 0 Å². The number of aryl methyl sites for hydroxylation is 2. The summed E-state index contributed by atoms with van der Waals surface area (Å²) in [6, 6.07) is 4.90. The van der Waals surface area contributed by atoms with Gasteiger partial charge in [-0.15, -0.1) is 0 Å². The van der Waals surface area contributed by atoms with Gasteiger partial charge >= 0.3 is 0 Å².